The summed E-state index contributed by atoms with van der Waals surface area (Å²) < 4.78 is 11.2. The average Bonchev–Trinajstić information content (AvgIpc) is 2.32. The fourth-order valence-electron chi connectivity index (χ4n) is 1.85. The molecular formula is C16H23NO3. The number of carbonyl (C=O) groups is 1. The quantitative estimate of drug-likeness (QED) is 0.807. The zero-order valence-corrected chi connectivity index (χ0v) is 12.9. The van der Waals surface area contributed by atoms with E-state index in [4.69, 9.17) is 9.47 Å². The van der Waals surface area contributed by atoms with Crippen molar-refractivity contribution in [3.63, 3.8) is 0 Å². The van der Waals surface area contributed by atoms with Crippen LogP contribution in [0.2, 0.25) is 0 Å². The van der Waals surface area contributed by atoms with Crippen LogP contribution in [0, 0.1) is 6.92 Å². The van der Waals surface area contributed by atoms with E-state index >= 15 is 0 Å². The zero-order valence-electron chi connectivity index (χ0n) is 12.9. The second-order valence-corrected chi connectivity index (χ2v) is 4.70. The van der Waals surface area contributed by atoms with Crippen molar-refractivity contribution in [1.82, 2.24) is 0 Å². The van der Waals surface area contributed by atoms with Crippen LogP contribution in [0.25, 0.3) is 0 Å². The third-order valence-electron chi connectivity index (χ3n) is 2.52. The minimum atomic E-state index is -0.143. The standard InChI is InChI=1S/C16H23NO3/c1-6-19-14-10-13(17-15(18)8-11(3)4)9-12(5)16(14)20-7-2/h8-10H,6-7H2,1-5H3,(H,17,18). The molecule has 0 bridgehead atoms. The highest BCUT2D eigenvalue weighted by atomic mass is 16.5. The van der Waals surface area contributed by atoms with E-state index in [0.29, 0.717) is 24.7 Å². The molecule has 0 atom stereocenters. The number of ether oxygens (including phenoxy) is 2. The predicted octanol–water partition coefficient (Wildman–Crippen LogP) is 3.70. The summed E-state index contributed by atoms with van der Waals surface area (Å²) in [7, 11) is 0. The summed E-state index contributed by atoms with van der Waals surface area (Å²) in [6, 6.07) is 3.67. The number of hydrogen-bond acceptors (Lipinski definition) is 3. The number of amides is 1. The summed E-state index contributed by atoms with van der Waals surface area (Å²) >= 11 is 0. The summed E-state index contributed by atoms with van der Waals surface area (Å²) in [4.78, 5) is 11.8. The molecular weight excluding hydrogens is 254 g/mol. The summed E-state index contributed by atoms with van der Waals surface area (Å²) in [5.41, 5.74) is 2.59. The molecule has 4 heteroatoms. The van der Waals surface area contributed by atoms with Gasteiger partial charge in [-0.15, -0.1) is 0 Å². The summed E-state index contributed by atoms with van der Waals surface area (Å²) in [5.74, 6) is 1.24. The fourth-order valence-corrected chi connectivity index (χ4v) is 1.85. The first-order valence-electron chi connectivity index (χ1n) is 6.84. The second-order valence-electron chi connectivity index (χ2n) is 4.70. The molecule has 0 fully saturated rings. The number of allylic oxidation sites excluding steroid dienone is 1. The van der Waals surface area contributed by atoms with Gasteiger partial charge in [-0.25, -0.2) is 0 Å². The zero-order chi connectivity index (χ0) is 15.1. The number of carbonyl (C=O) groups excluding carboxylic acids is 1. The minimum absolute atomic E-state index is 0.143. The van der Waals surface area contributed by atoms with Gasteiger partial charge in [-0.3, -0.25) is 4.79 Å². The van der Waals surface area contributed by atoms with Crippen molar-refractivity contribution in [1.29, 1.82) is 0 Å². The van der Waals surface area contributed by atoms with Gasteiger partial charge < -0.3 is 14.8 Å². The number of benzene rings is 1. The predicted molar refractivity (Wildman–Crippen MR) is 81.6 cm³/mol. The first-order valence-corrected chi connectivity index (χ1v) is 6.84. The van der Waals surface area contributed by atoms with Crippen LogP contribution in [-0.4, -0.2) is 19.1 Å². The molecule has 1 rings (SSSR count). The lowest BCUT2D eigenvalue weighted by Crippen LogP contribution is -2.09. The van der Waals surface area contributed by atoms with E-state index in [1.807, 2.05) is 40.7 Å². The Bertz CT molecular complexity index is 503. The van der Waals surface area contributed by atoms with Gasteiger partial charge in [-0.1, -0.05) is 5.57 Å². The lowest BCUT2D eigenvalue weighted by Gasteiger charge is -2.15. The van der Waals surface area contributed by atoms with E-state index in [1.165, 1.54) is 0 Å². The summed E-state index contributed by atoms with van der Waals surface area (Å²) in [5, 5.41) is 2.83. The van der Waals surface area contributed by atoms with Crippen molar-refractivity contribution in [3.05, 3.63) is 29.3 Å². The molecule has 1 aromatic carbocycles. The van der Waals surface area contributed by atoms with Crippen molar-refractivity contribution in [2.75, 3.05) is 18.5 Å². The Balaban J connectivity index is 3.04. The number of hydrogen-bond donors (Lipinski definition) is 1. The SMILES string of the molecule is CCOc1cc(NC(=O)C=C(C)C)cc(C)c1OCC. The number of aryl methyl sites for hydroxylation is 1. The maximum atomic E-state index is 11.8. The van der Waals surface area contributed by atoms with Gasteiger partial charge in [0.2, 0.25) is 5.91 Å². The van der Waals surface area contributed by atoms with Crippen LogP contribution in [0.4, 0.5) is 5.69 Å². The maximum Gasteiger partial charge on any atom is 0.248 e. The van der Waals surface area contributed by atoms with E-state index in [1.54, 1.807) is 12.1 Å². The van der Waals surface area contributed by atoms with E-state index < -0.39 is 0 Å². The van der Waals surface area contributed by atoms with Gasteiger partial charge in [0.1, 0.15) is 0 Å². The van der Waals surface area contributed by atoms with Gasteiger partial charge >= 0.3 is 0 Å². The van der Waals surface area contributed by atoms with Crippen LogP contribution in [0.15, 0.2) is 23.8 Å². The fraction of sp³-hybridized carbons (Fsp3) is 0.438. The lowest BCUT2D eigenvalue weighted by molar-refractivity contribution is -0.111. The molecule has 4 nitrogen and oxygen atoms in total. The molecule has 0 radical (unpaired) electrons. The van der Waals surface area contributed by atoms with Crippen molar-refractivity contribution in [3.8, 4) is 11.5 Å². The van der Waals surface area contributed by atoms with Crippen LogP contribution in [-0.2, 0) is 4.79 Å². The molecule has 1 aromatic rings. The van der Waals surface area contributed by atoms with Crippen LogP contribution in [0.5, 0.6) is 11.5 Å². The van der Waals surface area contributed by atoms with Gasteiger partial charge in [-0.2, -0.15) is 0 Å². The molecule has 0 aromatic heterocycles. The van der Waals surface area contributed by atoms with Crippen molar-refractivity contribution < 1.29 is 14.3 Å². The molecule has 0 unspecified atom stereocenters. The molecule has 0 aliphatic heterocycles. The molecule has 0 spiro atoms. The third-order valence-corrected chi connectivity index (χ3v) is 2.52. The normalized spacial score (nSPS) is 9.85. The second kappa shape index (κ2) is 7.58. The molecule has 1 N–H and O–H groups in total. The Morgan fingerprint density at radius 2 is 1.85 bits per heavy atom. The molecule has 0 saturated carbocycles. The van der Waals surface area contributed by atoms with E-state index in [9.17, 15) is 4.79 Å². The highest BCUT2D eigenvalue weighted by Gasteiger charge is 2.11. The van der Waals surface area contributed by atoms with Gasteiger partial charge in [0, 0.05) is 17.8 Å². The van der Waals surface area contributed by atoms with E-state index in [2.05, 4.69) is 5.32 Å². The smallest absolute Gasteiger partial charge is 0.248 e. The monoisotopic (exact) mass is 277 g/mol. The highest BCUT2D eigenvalue weighted by molar-refractivity contribution is 5.99. The van der Waals surface area contributed by atoms with E-state index in [0.717, 1.165) is 16.9 Å². The summed E-state index contributed by atoms with van der Waals surface area (Å²) in [6.07, 6.45) is 1.56. The largest absolute Gasteiger partial charge is 0.490 e. The van der Waals surface area contributed by atoms with Crippen LogP contribution >= 0.6 is 0 Å². The molecule has 0 saturated heterocycles. The summed E-state index contributed by atoms with van der Waals surface area (Å²) in [6.45, 7) is 10.7. The van der Waals surface area contributed by atoms with Crippen LogP contribution in [0.3, 0.4) is 0 Å². The van der Waals surface area contributed by atoms with Crippen molar-refractivity contribution in [2.45, 2.75) is 34.6 Å². The first kappa shape index (κ1) is 16.1. The molecule has 20 heavy (non-hydrogen) atoms. The van der Waals surface area contributed by atoms with Gasteiger partial charge in [0.05, 0.1) is 13.2 Å². The molecule has 1 amide bonds. The number of nitrogens with one attached hydrogen (secondary N) is 1. The Labute approximate surface area is 120 Å². The van der Waals surface area contributed by atoms with Gasteiger partial charge in [0.25, 0.3) is 0 Å². The Morgan fingerprint density at radius 1 is 1.20 bits per heavy atom. The number of rotatable bonds is 6. The van der Waals surface area contributed by atoms with Crippen molar-refractivity contribution >= 4 is 11.6 Å². The van der Waals surface area contributed by atoms with Crippen LogP contribution in [0.1, 0.15) is 33.3 Å². The Kier molecular flexibility index (Phi) is 6.10. The third kappa shape index (κ3) is 4.61. The molecule has 0 aliphatic carbocycles. The molecule has 110 valence electrons. The van der Waals surface area contributed by atoms with Gasteiger partial charge in [-0.05, 0) is 46.2 Å². The topological polar surface area (TPSA) is 47.6 Å². The van der Waals surface area contributed by atoms with E-state index in [-0.39, 0.29) is 5.91 Å². The maximum absolute atomic E-state index is 11.8. The minimum Gasteiger partial charge on any atom is -0.490 e. The lowest BCUT2D eigenvalue weighted by atomic mass is 10.1. The highest BCUT2D eigenvalue weighted by Crippen LogP contribution is 2.34. The Morgan fingerprint density at radius 3 is 2.40 bits per heavy atom. The van der Waals surface area contributed by atoms with Crippen molar-refractivity contribution in [2.24, 2.45) is 0 Å². The molecule has 0 heterocycles. The van der Waals surface area contributed by atoms with Crippen LogP contribution < -0.4 is 14.8 Å². The first-order chi connectivity index (χ1) is 9.47. The molecule has 0 aliphatic rings. The Hall–Kier alpha value is -1.97. The average molecular weight is 277 g/mol. The van der Waals surface area contributed by atoms with Gasteiger partial charge in [0.15, 0.2) is 11.5 Å². The number of anilines is 1.